The van der Waals surface area contributed by atoms with Gasteiger partial charge in [-0.2, -0.15) is 0 Å². The summed E-state index contributed by atoms with van der Waals surface area (Å²) in [6, 6.07) is 4.43. The Kier molecular flexibility index (Phi) is 4.18. The summed E-state index contributed by atoms with van der Waals surface area (Å²) in [7, 11) is 0. The summed E-state index contributed by atoms with van der Waals surface area (Å²) < 4.78 is 0. The maximum Gasteiger partial charge on any atom is 0.273 e. The Morgan fingerprint density at radius 1 is 1.26 bits per heavy atom. The number of nitro benzene ring substituents is 1. The maximum atomic E-state index is 10.8. The molecule has 5 N–H and O–H groups in total. The normalized spacial score (nSPS) is 22.8. The van der Waals surface area contributed by atoms with E-state index in [1.54, 1.807) is 6.07 Å². The molecule has 1 aliphatic rings. The lowest BCUT2D eigenvalue weighted by atomic mass is 9.92. The van der Waals surface area contributed by atoms with Crippen molar-refractivity contribution in [2.75, 3.05) is 10.7 Å². The second-order valence-electron chi connectivity index (χ2n) is 4.77. The second-order valence-corrected chi connectivity index (χ2v) is 4.77. The highest BCUT2D eigenvalue weighted by atomic mass is 16.6. The van der Waals surface area contributed by atoms with Gasteiger partial charge < -0.3 is 15.8 Å². The zero-order chi connectivity index (χ0) is 13.8. The fourth-order valence-corrected chi connectivity index (χ4v) is 2.38. The molecule has 0 radical (unpaired) electrons. The lowest BCUT2D eigenvalue weighted by Crippen LogP contribution is -2.36. The van der Waals surface area contributed by atoms with Crippen molar-refractivity contribution in [3.8, 4) is 0 Å². The second kappa shape index (κ2) is 5.85. The highest BCUT2D eigenvalue weighted by Gasteiger charge is 2.23. The molecule has 7 nitrogen and oxygen atoms in total. The maximum absolute atomic E-state index is 10.8. The molecule has 1 aromatic rings. The Balaban J connectivity index is 2.18. The quantitative estimate of drug-likeness (QED) is 0.374. The van der Waals surface area contributed by atoms with Crippen molar-refractivity contribution in [1.82, 2.24) is 0 Å². The van der Waals surface area contributed by atoms with Gasteiger partial charge in [0.1, 0.15) is 0 Å². The van der Waals surface area contributed by atoms with Crippen LogP contribution >= 0.6 is 0 Å². The van der Waals surface area contributed by atoms with Gasteiger partial charge in [-0.05, 0) is 18.9 Å². The van der Waals surface area contributed by atoms with Gasteiger partial charge in [0.05, 0.1) is 22.8 Å². The van der Waals surface area contributed by atoms with E-state index in [2.05, 4.69) is 10.7 Å². The van der Waals surface area contributed by atoms with Crippen molar-refractivity contribution < 1.29 is 10.0 Å². The van der Waals surface area contributed by atoms with E-state index < -0.39 is 11.0 Å². The molecule has 1 aromatic carbocycles. The highest BCUT2D eigenvalue weighted by molar-refractivity contribution is 5.63. The molecule has 0 saturated heterocycles. The molecule has 2 atom stereocenters. The van der Waals surface area contributed by atoms with E-state index in [0.29, 0.717) is 11.4 Å². The van der Waals surface area contributed by atoms with Crippen LogP contribution in [0.1, 0.15) is 25.7 Å². The third-order valence-corrected chi connectivity index (χ3v) is 3.38. The number of aliphatic hydroxyl groups excluding tert-OH is 1. The van der Waals surface area contributed by atoms with Crippen LogP contribution in [-0.2, 0) is 0 Å². The van der Waals surface area contributed by atoms with E-state index in [4.69, 9.17) is 5.84 Å². The largest absolute Gasteiger partial charge is 0.391 e. The average molecular weight is 266 g/mol. The Labute approximate surface area is 110 Å². The number of nitrogen functional groups attached to an aromatic ring is 1. The number of hydrogen-bond donors (Lipinski definition) is 4. The van der Waals surface area contributed by atoms with Gasteiger partial charge >= 0.3 is 0 Å². The average Bonchev–Trinajstić information content (AvgIpc) is 2.41. The number of benzene rings is 1. The number of nitrogens with two attached hydrogens (primary N) is 1. The van der Waals surface area contributed by atoms with Crippen LogP contribution in [0.4, 0.5) is 17.1 Å². The first-order valence-corrected chi connectivity index (χ1v) is 6.31. The number of non-ortho nitro benzene ring substituents is 1. The van der Waals surface area contributed by atoms with Crippen LogP contribution < -0.4 is 16.6 Å². The molecular weight excluding hydrogens is 248 g/mol. The van der Waals surface area contributed by atoms with Crippen LogP contribution in [-0.4, -0.2) is 22.2 Å². The van der Waals surface area contributed by atoms with Crippen molar-refractivity contribution in [2.45, 2.75) is 37.8 Å². The summed E-state index contributed by atoms with van der Waals surface area (Å²) in [6.45, 7) is 0. The number of hydrogen-bond acceptors (Lipinski definition) is 6. The first kappa shape index (κ1) is 13.6. The van der Waals surface area contributed by atoms with Gasteiger partial charge in [0.2, 0.25) is 0 Å². The minimum Gasteiger partial charge on any atom is -0.391 e. The number of rotatable bonds is 4. The van der Waals surface area contributed by atoms with Crippen LogP contribution in [0.25, 0.3) is 0 Å². The topological polar surface area (TPSA) is 113 Å². The van der Waals surface area contributed by atoms with Gasteiger partial charge in [-0.15, -0.1) is 0 Å². The fourth-order valence-electron chi connectivity index (χ4n) is 2.38. The predicted octanol–water partition coefficient (Wildman–Crippen LogP) is 1.60. The summed E-state index contributed by atoms with van der Waals surface area (Å²) in [5.41, 5.74) is 3.42. The van der Waals surface area contributed by atoms with Gasteiger partial charge in [-0.3, -0.25) is 16.0 Å². The van der Waals surface area contributed by atoms with Crippen LogP contribution in [0.15, 0.2) is 18.2 Å². The molecule has 2 unspecified atom stereocenters. The molecule has 1 fully saturated rings. The Morgan fingerprint density at radius 3 is 2.58 bits per heavy atom. The van der Waals surface area contributed by atoms with Crippen LogP contribution in [0.5, 0.6) is 0 Å². The molecule has 0 aliphatic heterocycles. The molecule has 0 heterocycles. The Morgan fingerprint density at radius 2 is 1.95 bits per heavy atom. The summed E-state index contributed by atoms with van der Waals surface area (Å²) in [4.78, 5) is 10.4. The molecule has 1 aliphatic carbocycles. The molecule has 0 bridgehead atoms. The lowest BCUT2D eigenvalue weighted by molar-refractivity contribution is -0.384. The van der Waals surface area contributed by atoms with Gasteiger partial charge in [0, 0.05) is 17.8 Å². The van der Waals surface area contributed by atoms with Crippen LogP contribution in [0.2, 0.25) is 0 Å². The van der Waals surface area contributed by atoms with Crippen molar-refractivity contribution >= 4 is 17.1 Å². The van der Waals surface area contributed by atoms with Crippen molar-refractivity contribution in [3.05, 3.63) is 28.3 Å². The number of nitrogens with zero attached hydrogens (tertiary/aromatic N) is 1. The third-order valence-electron chi connectivity index (χ3n) is 3.38. The van der Waals surface area contributed by atoms with E-state index in [1.807, 2.05) is 0 Å². The van der Waals surface area contributed by atoms with Gasteiger partial charge in [0.25, 0.3) is 5.69 Å². The zero-order valence-electron chi connectivity index (χ0n) is 10.5. The smallest absolute Gasteiger partial charge is 0.273 e. The standard InChI is InChI=1S/C12H18N4O3/c13-15-9-5-8(6-10(7-9)16(18)19)14-11-3-1-2-4-12(11)17/h5-7,11-12,14-15,17H,1-4,13H2. The summed E-state index contributed by atoms with van der Waals surface area (Å²) >= 11 is 0. The van der Waals surface area contributed by atoms with Gasteiger partial charge in [-0.1, -0.05) is 12.8 Å². The molecule has 104 valence electrons. The molecule has 2 rings (SSSR count). The number of nitro groups is 1. The van der Waals surface area contributed by atoms with Crippen molar-refractivity contribution in [3.63, 3.8) is 0 Å². The van der Waals surface area contributed by atoms with E-state index in [0.717, 1.165) is 25.7 Å². The monoisotopic (exact) mass is 266 g/mol. The molecule has 0 spiro atoms. The van der Waals surface area contributed by atoms with Crippen LogP contribution in [0.3, 0.4) is 0 Å². The summed E-state index contributed by atoms with van der Waals surface area (Å²) in [5.74, 6) is 5.30. The van der Waals surface area contributed by atoms with Crippen molar-refractivity contribution in [1.29, 1.82) is 0 Å². The SMILES string of the molecule is NNc1cc(NC2CCCCC2O)cc([N+](=O)[O-])c1. The summed E-state index contributed by atoms with van der Waals surface area (Å²) in [5, 5.41) is 23.9. The minimum atomic E-state index is -0.469. The molecular formula is C12H18N4O3. The lowest BCUT2D eigenvalue weighted by Gasteiger charge is -2.29. The third kappa shape index (κ3) is 3.33. The minimum absolute atomic E-state index is 0.0387. The Hall–Kier alpha value is -1.86. The molecule has 0 aromatic heterocycles. The van der Waals surface area contributed by atoms with Gasteiger partial charge in [0.15, 0.2) is 0 Å². The summed E-state index contributed by atoms with van der Waals surface area (Å²) in [6.07, 6.45) is 3.27. The Bertz CT molecular complexity index is 466. The van der Waals surface area contributed by atoms with Gasteiger partial charge in [-0.25, -0.2) is 0 Å². The zero-order valence-corrected chi connectivity index (χ0v) is 10.5. The van der Waals surface area contributed by atoms with Crippen LogP contribution in [0, 0.1) is 10.1 Å². The molecule has 19 heavy (non-hydrogen) atoms. The van der Waals surface area contributed by atoms with E-state index in [9.17, 15) is 15.2 Å². The number of nitrogens with one attached hydrogen (secondary N) is 2. The molecule has 0 amide bonds. The predicted molar refractivity (Wildman–Crippen MR) is 72.8 cm³/mol. The molecule has 7 heteroatoms. The molecule has 1 saturated carbocycles. The number of aliphatic hydroxyl groups is 1. The number of hydrazine groups is 1. The van der Waals surface area contributed by atoms with Crippen molar-refractivity contribution in [2.24, 2.45) is 5.84 Å². The van der Waals surface area contributed by atoms with E-state index >= 15 is 0 Å². The highest BCUT2D eigenvalue weighted by Crippen LogP contribution is 2.27. The van der Waals surface area contributed by atoms with E-state index in [1.165, 1.54) is 12.1 Å². The van der Waals surface area contributed by atoms with E-state index in [-0.39, 0.29) is 11.7 Å². The first-order chi connectivity index (χ1) is 9.10. The first-order valence-electron chi connectivity index (χ1n) is 6.31. The number of anilines is 2. The fraction of sp³-hybridized carbons (Fsp3) is 0.500.